The highest BCUT2D eigenvalue weighted by molar-refractivity contribution is 7.91. The maximum absolute atomic E-state index is 12.0. The van der Waals surface area contributed by atoms with E-state index in [4.69, 9.17) is 0 Å². The van der Waals surface area contributed by atoms with Crippen LogP contribution in [0.5, 0.6) is 0 Å². The van der Waals surface area contributed by atoms with Crippen molar-refractivity contribution in [3.63, 3.8) is 0 Å². The van der Waals surface area contributed by atoms with Crippen molar-refractivity contribution in [2.75, 3.05) is 0 Å². The van der Waals surface area contributed by atoms with E-state index in [1.54, 1.807) is 0 Å². The maximum Gasteiger partial charge on any atom is 0.685 e. The highest BCUT2D eigenvalue weighted by Gasteiger charge is 2.59. The van der Waals surface area contributed by atoms with E-state index in [9.17, 15) is 64.8 Å². The second kappa shape index (κ2) is 6.72. The summed E-state index contributed by atoms with van der Waals surface area (Å²) < 4.78 is 178. The van der Waals surface area contributed by atoms with Gasteiger partial charge >= 0.3 is 54.2 Å². The summed E-state index contributed by atoms with van der Waals surface area (Å²) in [6.45, 7) is 0. The maximum atomic E-state index is 12.0. The molecule has 0 aromatic rings. The highest BCUT2D eigenvalue weighted by atomic mass is 32.2. The van der Waals surface area contributed by atoms with E-state index < -0.39 is 54.2 Å². The molecule has 0 saturated carbocycles. The summed E-state index contributed by atoms with van der Waals surface area (Å²) in [7, 11) is -26.1. The van der Waals surface area contributed by atoms with E-state index in [1.807, 2.05) is 0 Å². The van der Waals surface area contributed by atoms with Crippen molar-refractivity contribution in [1.82, 2.24) is 0 Å². The quantitative estimate of drug-likeness (QED) is 0.319. The molecule has 0 aromatic carbocycles. The lowest BCUT2D eigenvalue weighted by molar-refractivity contribution is -0.0561. The fourth-order valence-corrected chi connectivity index (χ4v) is 1.85. The molecule has 0 spiro atoms. The number of hydrogen-bond donors (Lipinski definition) is 0. The molecule has 0 rings (SSSR count). The molecular formula is C3BF9O9S3. The molecule has 0 aliphatic heterocycles. The molecule has 0 atom stereocenters. The van der Waals surface area contributed by atoms with Crippen molar-refractivity contribution in [3.05, 3.63) is 0 Å². The Balaban J connectivity index is 5.96. The summed E-state index contributed by atoms with van der Waals surface area (Å²) in [6, 6.07) is 0. The molecule has 0 N–H and O–H groups in total. The normalized spacial score (nSPS) is 15.2. The summed E-state index contributed by atoms with van der Waals surface area (Å²) in [4.78, 5) is 0. The molecule has 0 saturated heterocycles. The summed E-state index contributed by atoms with van der Waals surface area (Å²) >= 11 is 0. The Hall–Kier alpha value is -0.835. The van der Waals surface area contributed by atoms with E-state index in [-0.39, 0.29) is 0 Å². The lowest BCUT2D eigenvalue weighted by atomic mass is 10.3. The van der Waals surface area contributed by atoms with E-state index in [0.29, 0.717) is 0 Å². The van der Waals surface area contributed by atoms with E-state index in [0.717, 1.165) is 0 Å². The molecule has 0 heterocycles. The van der Waals surface area contributed by atoms with Gasteiger partial charge in [0.25, 0.3) is 0 Å². The molecule has 0 unspecified atom stereocenters. The second-order valence-corrected chi connectivity index (χ2v) is 7.97. The molecule has 0 aliphatic carbocycles. The number of halogens is 9. The molecule has 0 radical (unpaired) electrons. The van der Waals surface area contributed by atoms with Gasteiger partial charge in [0.15, 0.2) is 0 Å². The van der Waals surface area contributed by atoms with Gasteiger partial charge in [0.1, 0.15) is 0 Å². The minimum Gasteiger partial charge on any atom is -0.263 e. The van der Waals surface area contributed by atoms with Crippen LogP contribution in [0, 0.1) is 0 Å². The first kappa shape index (κ1) is 24.2. The lowest BCUT2D eigenvalue weighted by Crippen LogP contribution is -2.43. The van der Waals surface area contributed by atoms with Gasteiger partial charge in [0, 0.05) is 0 Å². The van der Waals surface area contributed by atoms with Gasteiger partial charge in [-0.1, -0.05) is 0 Å². The summed E-state index contributed by atoms with van der Waals surface area (Å²) in [6.07, 6.45) is 0. The van der Waals surface area contributed by atoms with Gasteiger partial charge < -0.3 is 0 Å². The SMILES string of the molecule is O=S(=O)(OB(OS(=O)(=O)C(F)(F)F)OS(=O)(=O)C(F)(F)F)C(F)(F)F. The van der Waals surface area contributed by atoms with Crippen LogP contribution < -0.4 is 0 Å². The van der Waals surface area contributed by atoms with Crippen LogP contribution >= 0.6 is 0 Å². The molecule has 150 valence electrons. The van der Waals surface area contributed by atoms with E-state index in [1.165, 1.54) is 0 Å². The monoisotopic (exact) mass is 458 g/mol. The fourth-order valence-electron chi connectivity index (χ4n) is 0.522. The predicted molar refractivity (Wildman–Crippen MR) is 53.9 cm³/mol. The Morgan fingerprint density at radius 2 is 0.640 bits per heavy atom. The van der Waals surface area contributed by atoms with Crippen LogP contribution in [0.3, 0.4) is 0 Å². The van der Waals surface area contributed by atoms with Crippen molar-refractivity contribution in [2.24, 2.45) is 0 Å². The summed E-state index contributed by atoms with van der Waals surface area (Å²) in [5.74, 6) is 0. The Morgan fingerprint density at radius 1 is 0.480 bits per heavy atom. The number of rotatable bonds is 6. The van der Waals surface area contributed by atoms with E-state index >= 15 is 0 Å². The number of hydrogen-bond acceptors (Lipinski definition) is 9. The Kier molecular flexibility index (Phi) is 6.49. The first-order valence-corrected chi connectivity index (χ1v) is 8.75. The fraction of sp³-hybridized carbons (Fsp3) is 1.00. The molecule has 25 heavy (non-hydrogen) atoms. The molecule has 22 heteroatoms. The van der Waals surface area contributed by atoms with Crippen molar-refractivity contribution in [1.29, 1.82) is 0 Å². The average molecular weight is 458 g/mol. The van der Waals surface area contributed by atoms with Gasteiger partial charge in [-0.05, 0) is 0 Å². The third-order valence-corrected chi connectivity index (χ3v) is 4.40. The summed E-state index contributed by atoms with van der Waals surface area (Å²) in [5, 5.41) is 0. The van der Waals surface area contributed by atoms with Crippen molar-refractivity contribution < 1.29 is 77.1 Å². The third kappa shape index (κ3) is 6.12. The Bertz CT molecular complexity index is 677. The van der Waals surface area contributed by atoms with Crippen LogP contribution in [0.25, 0.3) is 0 Å². The van der Waals surface area contributed by atoms with Crippen LogP contribution in [-0.2, 0) is 42.7 Å². The van der Waals surface area contributed by atoms with Crippen molar-refractivity contribution >= 4 is 37.7 Å². The average Bonchev–Trinajstić information content (AvgIpc) is 2.21. The van der Waals surface area contributed by atoms with Gasteiger partial charge in [-0.2, -0.15) is 64.8 Å². The molecule has 0 amide bonds. The highest BCUT2D eigenvalue weighted by Crippen LogP contribution is 2.31. The first-order valence-electron chi connectivity index (χ1n) is 4.52. The van der Waals surface area contributed by atoms with Gasteiger partial charge in [0.2, 0.25) is 0 Å². The Labute approximate surface area is 132 Å². The first-order chi connectivity index (χ1) is 10.5. The summed E-state index contributed by atoms with van der Waals surface area (Å²) in [5.41, 5.74) is -19.6. The molecular weight excluding hydrogens is 458 g/mol. The zero-order chi connectivity index (χ0) is 20.7. The number of alkyl halides is 9. The predicted octanol–water partition coefficient (Wildman–Crippen LogP) is 0.570. The van der Waals surface area contributed by atoms with Gasteiger partial charge in [-0.15, -0.1) is 0 Å². The van der Waals surface area contributed by atoms with Gasteiger partial charge in [0.05, 0.1) is 0 Å². The minimum absolute atomic E-state index is 2.51. The zero-order valence-electron chi connectivity index (χ0n) is 10.4. The van der Waals surface area contributed by atoms with Gasteiger partial charge in [-0.3, -0.25) is 12.3 Å². The molecule has 9 nitrogen and oxygen atoms in total. The van der Waals surface area contributed by atoms with Crippen molar-refractivity contribution in [3.8, 4) is 0 Å². The Morgan fingerprint density at radius 3 is 0.760 bits per heavy atom. The van der Waals surface area contributed by atoms with Crippen LogP contribution in [0.4, 0.5) is 39.5 Å². The van der Waals surface area contributed by atoms with Crippen LogP contribution in [-0.4, -0.2) is 49.1 Å². The largest absolute Gasteiger partial charge is 0.685 e. The van der Waals surface area contributed by atoms with Gasteiger partial charge in [-0.25, -0.2) is 0 Å². The van der Waals surface area contributed by atoms with Crippen LogP contribution in [0.1, 0.15) is 0 Å². The van der Waals surface area contributed by atoms with Crippen molar-refractivity contribution in [2.45, 2.75) is 16.5 Å². The topological polar surface area (TPSA) is 130 Å². The molecule has 0 bridgehead atoms. The zero-order valence-corrected chi connectivity index (χ0v) is 12.8. The lowest BCUT2D eigenvalue weighted by Gasteiger charge is -2.16. The van der Waals surface area contributed by atoms with Crippen LogP contribution in [0.2, 0.25) is 0 Å². The second-order valence-electron chi connectivity index (χ2n) is 3.28. The molecule has 0 fully saturated rings. The smallest absolute Gasteiger partial charge is 0.263 e. The van der Waals surface area contributed by atoms with E-state index in [2.05, 4.69) is 12.3 Å². The molecule has 0 aliphatic rings. The molecule has 0 aromatic heterocycles. The third-order valence-electron chi connectivity index (χ3n) is 1.47. The standard InChI is InChI=1S/C3BF9O9S3/c5-1(6,7)23(14,15)20-4(21-24(16,17)2(8,9)10)22-25(18,19)3(11,12)13. The minimum atomic E-state index is -7.15. The van der Waals surface area contributed by atoms with Crippen LogP contribution in [0.15, 0.2) is 0 Å².